The summed E-state index contributed by atoms with van der Waals surface area (Å²) in [6.07, 6.45) is 0. The third-order valence-electron chi connectivity index (χ3n) is 2.10. The fourth-order valence-electron chi connectivity index (χ4n) is 1.25. The van der Waals surface area contributed by atoms with Gasteiger partial charge in [-0.05, 0) is 12.0 Å². The van der Waals surface area contributed by atoms with E-state index in [2.05, 4.69) is 9.84 Å². The zero-order valence-electron chi connectivity index (χ0n) is 9.23. The van der Waals surface area contributed by atoms with Crippen molar-refractivity contribution < 1.29 is 14.6 Å². The molecule has 0 unspecified atom stereocenters. The van der Waals surface area contributed by atoms with Crippen LogP contribution in [0.3, 0.4) is 0 Å². The van der Waals surface area contributed by atoms with E-state index >= 15 is 0 Å². The molecule has 1 aromatic rings. The van der Waals surface area contributed by atoms with Gasteiger partial charge in [-0.2, -0.15) is 5.10 Å². The Labute approximate surface area is 88.7 Å². The molecule has 15 heavy (non-hydrogen) atoms. The molecule has 0 atom stereocenters. The van der Waals surface area contributed by atoms with E-state index in [4.69, 9.17) is 5.11 Å². The molecule has 0 aliphatic heterocycles. The molecule has 0 amide bonds. The van der Waals surface area contributed by atoms with Crippen LogP contribution in [0.25, 0.3) is 0 Å². The first-order valence-corrected chi connectivity index (χ1v) is 4.87. The van der Waals surface area contributed by atoms with Crippen molar-refractivity contribution in [3.8, 4) is 0 Å². The standard InChI is InChI=1S/C10H16N2O3/c1-7(2)8-6-9(10(14)15-3)12(11-8)4-5-13/h6-7,13H,4-5H2,1-3H3. The first-order chi connectivity index (χ1) is 7.10. The summed E-state index contributed by atoms with van der Waals surface area (Å²) in [5.41, 5.74) is 1.21. The number of nitrogens with zero attached hydrogens (tertiary/aromatic N) is 2. The number of aliphatic hydroxyl groups is 1. The third-order valence-corrected chi connectivity index (χ3v) is 2.10. The Hall–Kier alpha value is -1.36. The summed E-state index contributed by atoms with van der Waals surface area (Å²) in [5, 5.41) is 13.1. The van der Waals surface area contributed by atoms with E-state index in [0.717, 1.165) is 5.69 Å². The number of hydrogen-bond acceptors (Lipinski definition) is 4. The molecule has 84 valence electrons. The van der Waals surface area contributed by atoms with Crippen LogP contribution in [0.15, 0.2) is 6.07 Å². The predicted molar refractivity (Wildman–Crippen MR) is 54.7 cm³/mol. The topological polar surface area (TPSA) is 64.3 Å². The van der Waals surface area contributed by atoms with Crippen molar-refractivity contribution in [2.24, 2.45) is 0 Å². The molecule has 1 heterocycles. The highest BCUT2D eigenvalue weighted by Crippen LogP contribution is 2.15. The van der Waals surface area contributed by atoms with Gasteiger partial charge in [-0.25, -0.2) is 4.79 Å². The zero-order chi connectivity index (χ0) is 11.4. The van der Waals surface area contributed by atoms with Gasteiger partial charge in [-0.15, -0.1) is 0 Å². The van der Waals surface area contributed by atoms with Crippen LogP contribution < -0.4 is 0 Å². The van der Waals surface area contributed by atoms with Gasteiger partial charge in [0.05, 0.1) is 26.0 Å². The number of rotatable bonds is 4. The maximum atomic E-state index is 11.4. The van der Waals surface area contributed by atoms with Crippen molar-refractivity contribution in [2.45, 2.75) is 26.3 Å². The molecule has 0 radical (unpaired) electrons. The summed E-state index contributed by atoms with van der Waals surface area (Å²) in [6.45, 7) is 4.24. The van der Waals surface area contributed by atoms with Gasteiger partial charge >= 0.3 is 5.97 Å². The van der Waals surface area contributed by atoms with Gasteiger partial charge in [-0.1, -0.05) is 13.8 Å². The van der Waals surface area contributed by atoms with Crippen molar-refractivity contribution in [1.82, 2.24) is 9.78 Å². The van der Waals surface area contributed by atoms with Gasteiger partial charge < -0.3 is 9.84 Å². The molecule has 0 aliphatic rings. The molecule has 0 aliphatic carbocycles. The second-order valence-corrected chi connectivity index (χ2v) is 3.55. The van der Waals surface area contributed by atoms with Gasteiger partial charge in [0.25, 0.3) is 0 Å². The van der Waals surface area contributed by atoms with Crippen molar-refractivity contribution in [2.75, 3.05) is 13.7 Å². The molecule has 1 N–H and O–H groups in total. The predicted octanol–water partition coefficient (Wildman–Crippen LogP) is 0.785. The number of esters is 1. The van der Waals surface area contributed by atoms with Gasteiger partial charge in [0.2, 0.25) is 0 Å². The highest BCUT2D eigenvalue weighted by Gasteiger charge is 2.16. The monoisotopic (exact) mass is 212 g/mol. The molecule has 5 nitrogen and oxygen atoms in total. The van der Waals surface area contributed by atoms with E-state index in [1.165, 1.54) is 11.8 Å². The molecular weight excluding hydrogens is 196 g/mol. The molecule has 0 bridgehead atoms. The Bertz CT molecular complexity index is 344. The highest BCUT2D eigenvalue weighted by atomic mass is 16.5. The van der Waals surface area contributed by atoms with Crippen molar-refractivity contribution >= 4 is 5.97 Å². The number of hydrogen-bond donors (Lipinski definition) is 1. The quantitative estimate of drug-likeness (QED) is 0.749. The van der Waals surface area contributed by atoms with Crippen molar-refractivity contribution in [3.63, 3.8) is 0 Å². The lowest BCUT2D eigenvalue weighted by Crippen LogP contribution is -2.13. The molecule has 0 saturated heterocycles. The molecule has 0 saturated carbocycles. The van der Waals surface area contributed by atoms with Crippen LogP contribution in [-0.2, 0) is 11.3 Å². The van der Waals surface area contributed by atoms with E-state index in [0.29, 0.717) is 12.2 Å². The van der Waals surface area contributed by atoms with Gasteiger partial charge in [-0.3, -0.25) is 4.68 Å². The molecule has 1 aromatic heterocycles. The minimum atomic E-state index is -0.428. The highest BCUT2D eigenvalue weighted by molar-refractivity contribution is 5.87. The van der Waals surface area contributed by atoms with Gasteiger partial charge in [0.1, 0.15) is 5.69 Å². The van der Waals surface area contributed by atoms with Crippen LogP contribution in [0.1, 0.15) is 35.9 Å². The van der Waals surface area contributed by atoms with Crippen molar-refractivity contribution in [1.29, 1.82) is 0 Å². The summed E-state index contributed by atoms with van der Waals surface area (Å²) in [6, 6.07) is 1.70. The van der Waals surface area contributed by atoms with E-state index in [1.54, 1.807) is 6.07 Å². The Balaban J connectivity index is 3.05. The first-order valence-electron chi connectivity index (χ1n) is 4.87. The Morgan fingerprint density at radius 3 is 2.80 bits per heavy atom. The van der Waals surface area contributed by atoms with Crippen LogP contribution >= 0.6 is 0 Å². The Morgan fingerprint density at radius 2 is 2.33 bits per heavy atom. The van der Waals surface area contributed by atoms with Crippen molar-refractivity contribution in [3.05, 3.63) is 17.5 Å². The average molecular weight is 212 g/mol. The summed E-state index contributed by atoms with van der Waals surface area (Å²) in [4.78, 5) is 11.4. The SMILES string of the molecule is COC(=O)c1cc(C(C)C)nn1CCO. The molecular formula is C10H16N2O3. The number of carbonyl (C=O) groups is 1. The summed E-state index contributed by atoms with van der Waals surface area (Å²) in [7, 11) is 1.33. The second kappa shape index (κ2) is 4.93. The molecule has 0 aromatic carbocycles. The summed E-state index contributed by atoms with van der Waals surface area (Å²) < 4.78 is 6.11. The fourth-order valence-corrected chi connectivity index (χ4v) is 1.25. The number of aliphatic hydroxyl groups excluding tert-OH is 1. The van der Waals surface area contributed by atoms with Gasteiger partial charge in [0.15, 0.2) is 0 Å². The van der Waals surface area contributed by atoms with E-state index in [9.17, 15) is 4.79 Å². The fraction of sp³-hybridized carbons (Fsp3) is 0.600. The molecule has 0 spiro atoms. The number of carbonyl (C=O) groups excluding carboxylic acids is 1. The number of ether oxygens (including phenoxy) is 1. The smallest absolute Gasteiger partial charge is 0.356 e. The van der Waals surface area contributed by atoms with Crippen LogP contribution in [0.5, 0.6) is 0 Å². The molecule has 0 fully saturated rings. The average Bonchev–Trinajstić information content (AvgIpc) is 2.61. The largest absolute Gasteiger partial charge is 0.464 e. The van der Waals surface area contributed by atoms with E-state index in [-0.39, 0.29) is 12.5 Å². The van der Waals surface area contributed by atoms with E-state index < -0.39 is 5.97 Å². The zero-order valence-corrected chi connectivity index (χ0v) is 9.23. The number of aromatic nitrogens is 2. The maximum Gasteiger partial charge on any atom is 0.356 e. The molecule has 5 heteroatoms. The lowest BCUT2D eigenvalue weighted by atomic mass is 10.1. The van der Waals surface area contributed by atoms with Crippen LogP contribution in [0, 0.1) is 0 Å². The lowest BCUT2D eigenvalue weighted by molar-refractivity contribution is 0.0585. The first kappa shape index (κ1) is 11.7. The second-order valence-electron chi connectivity index (χ2n) is 3.55. The van der Waals surface area contributed by atoms with Gasteiger partial charge in [0, 0.05) is 0 Å². The van der Waals surface area contributed by atoms with Crippen LogP contribution in [0.2, 0.25) is 0 Å². The molecule has 1 rings (SSSR count). The van der Waals surface area contributed by atoms with Crippen LogP contribution in [-0.4, -0.2) is 34.6 Å². The Morgan fingerprint density at radius 1 is 1.67 bits per heavy atom. The summed E-state index contributed by atoms with van der Waals surface area (Å²) in [5.74, 6) is -0.184. The lowest BCUT2D eigenvalue weighted by Gasteiger charge is -2.02. The third kappa shape index (κ3) is 2.56. The minimum Gasteiger partial charge on any atom is -0.464 e. The minimum absolute atomic E-state index is 0.0524. The van der Waals surface area contributed by atoms with Crippen LogP contribution in [0.4, 0.5) is 0 Å². The Kier molecular flexibility index (Phi) is 3.85. The number of methoxy groups -OCH3 is 1. The maximum absolute atomic E-state index is 11.4. The normalized spacial score (nSPS) is 10.7. The summed E-state index contributed by atoms with van der Waals surface area (Å²) >= 11 is 0. The van der Waals surface area contributed by atoms with E-state index in [1.807, 2.05) is 13.8 Å².